The summed E-state index contributed by atoms with van der Waals surface area (Å²) < 4.78 is 29.5. The molecule has 1 amide bonds. The van der Waals surface area contributed by atoms with Crippen LogP contribution in [0.3, 0.4) is 0 Å². The van der Waals surface area contributed by atoms with Crippen LogP contribution in [-0.2, 0) is 10.0 Å². The first-order valence-corrected chi connectivity index (χ1v) is 11.8. The van der Waals surface area contributed by atoms with Crippen molar-refractivity contribution in [3.63, 3.8) is 0 Å². The Labute approximate surface area is 184 Å². The summed E-state index contributed by atoms with van der Waals surface area (Å²) in [6, 6.07) is 1.31. The first-order chi connectivity index (χ1) is 13.9. The number of nitrogens with zero attached hydrogens (tertiary/aromatic N) is 2. The van der Waals surface area contributed by atoms with Gasteiger partial charge in [0.1, 0.15) is 20.5 Å². The second kappa shape index (κ2) is 7.81. The lowest BCUT2D eigenvalue weighted by Crippen LogP contribution is -2.29. The molecule has 0 aliphatic rings. The van der Waals surface area contributed by atoms with Crippen molar-refractivity contribution in [2.75, 3.05) is 4.90 Å². The van der Waals surface area contributed by atoms with Gasteiger partial charge in [-0.15, -0.1) is 11.3 Å². The average molecular weight is 468 g/mol. The van der Waals surface area contributed by atoms with Gasteiger partial charge in [0, 0.05) is 0 Å². The molecule has 0 unspecified atom stereocenters. The molecule has 1 aromatic carbocycles. The van der Waals surface area contributed by atoms with Gasteiger partial charge in [0.2, 0.25) is 10.0 Å². The van der Waals surface area contributed by atoms with Gasteiger partial charge in [-0.1, -0.05) is 16.8 Å². The molecule has 0 spiro atoms. The molecule has 0 saturated heterocycles. The van der Waals surface area contributed by atoms with Crippen LogP contribution >= 0.6 is 22.9 Å². The minimum absolute atomic E-state index is 0.0294. The third kappa shape index (κ3) is 3.56. The highest BCUT2D eigenvalue weighted by molar-refractivity contribution is 7.89. The molecule has 0 fully saturated rings. The number of amides is 1. The number of primary sulfonamides is 1. The zero-order valence-corrected chi connectivity index (χ0v) is 19.8. The Morgan fingerprint density at radius 3 is 2.07 bits per heavy atom. The van der Waals surface area contributed by atoms with Gasteiger partial charge in [0.25, 0.3) is 11.8 Å². The number of hydrogen-bond donors (Lipinski definition) is 1. The normalized spacial score (nSPS) is 11.7. The van der Waals surface area contributed by atoms with E-state index in [1.54, 1.807) is 6.92 Å². The van der Waals surface area contributed by atoms with Crippen LogP contribution in [0.15, 0.2) is 20.9 Å². The fourth-order valence-corrected chi connectivity index (χ4v) is 5.43. The molecule has 0 aliphatic carbocycles. The molecule has 2 N–H and O–H groups in total. The highest BCUT2D eigenvalue weighted by Crippen LogP contribution is 2.42. The first kappa shape index (κ1) is 22.5. The minimum Gasteiger partial charge on any atom is -0.336 e. The number of aryl methyl sites for hydroxylation is 1. The SMILES string of the molecule is Cc1noc(N(C(=O)c2sccc2S(N)(=O)=O)c2c(C)c(C)c(C)c(C)c2C)c1Cl. The largest absolute Gasteiger partial charge is 0.336 e. The van der Waals surface area contributed by atoms with E-state index in [0.717, 1.165) is 39.2 Å². The predicted molar refractivity (Wildman–Crippen MR) is 119 cm³/mol. The highest BCUT2D eigenvalue weighted by atomic mass is 35.5. The van der Waals surface area contributed by atoms with E-state index in [1.807, 2.05) is 34.6 Å². The van der Waals surface area contributed by atoms with E-state index in [4.69, 9.17) is 21.3 Å². The van der Waals surface area contributed by atoms with Gasteiger partial charge >= 0.3 is 0 Å². The summed E-state index contributed by atoms with van der Waals surface area (Å²) in [4.78, 5) is 14.7. The quantitative estimate of drug-likeness (QED) is 0.589. The monoisotopic (exact) mass is 467 g/mol. The lowest BCUT2D eigenvalue weighted by molar-refractivity contribution is 0.0995. The van der Waals surface area contributed by atoms with Crippen LogP contribution in [0.1, 0.15) is 43.2 Å². The van der Waals surface area contributed by atoms with Crippen LogP contribution in [0, 0.1) is 41.5 Å². The molecule has 0 atom stereocenters. The predicted octanol–water partition coefficient (Wildman–Crippen LogP) is 4.87. The molecule has 10 heteroatoms. The van der Waals surface area contributed by atoms with Crippen LogP contribution in [0.25, 0.3) is 0 Å². The van der Waals surface area contributed by atoms with Gasteiger partial charge in [0.05, 0.1) is 5.69 Å². The molecule has 3 rings (SSSR count). The number of carbonyl (C=O) groups excluding carboxylic acids is 1. The Morgan fingerprint density at radius 1 is 1.07 bits per heavy atom. The molecular formula is C20H22ClN3O4S2. The van der Waals surface area contributed by atoms with Gasteiger partial charge in [-0.2, -0.15) is 0 Å². The van der Waals surface area contributed by atoms with E-state index >= 15 is 0 Å². The summed E-state index contributed by atoms with van der Waals surface area (Å²) in [5.74, 6) is -0.581. The van der Waals surface area contributed by atoms with Gasteiger partial charge < -0.3 is 4.52 Å². The van der Waals surface area contributed by atoms with E-state index in [0.29, 0.717) is 11.4 Å². The molecule has 7 nitrogen and oxygen atoms in total. The third-order valence-electron chi connectivity index (χ3n) is 5.49. The lowest BCUT2D eigenvalue weighted by atomic mass is 9.92. The number of thiophene rings is 1. The highest BCUT2D eigenvalue weighted by Gasteiger charge is 2.34. The van der Waals surface area contributed by atoms with Crippen molar-refractivity contribution in [3.8, 4) is 0 Å². The second-order valence-electron chi connectivity index (χ2n) is 7.16. The fraction of sp³-hybridized carbons (Fsp3) is 0.300. The van der Waals surface area contributed by atoms with E-state index in [2.05, 4.69) is 5.16 Å². The van der Waals surface area contributed by atoms with Crippen LogP contribution < -0.4 is 10.0 Å². The van der Waals surface area contributed by atoms with Crippen LogP contribution in [0.2, 0.25) is 5.02 Å². The summed E-state index contributed by atoms with van der Waals surface area (Å²) in [7, 11) is -4.10. The standard InChI is InChI=1S/C20H22ClN3O4S2/c1-9-10(2)12(4)17(13(5)11(9)3)24(20-16(21)14(6)23-28-20)19(25)18-15(7-8-29-18)30(22,26)27/h7-8H,1-6H3,(H2,22,26,27). The summed E-state index contributed by atoms with van der Waals surface area (Å²) >= 11 is 7.40. The van der Waals surface area contributed by atoms with E-state index in [9.17, 15) is 13.2 Å². The molecule has 0 saturated carbocycles. The summed E-state index contributed by atoms with van der Waals surface area (Å²) in [6.07, 6.45) is 0. The smallest absolute Gasteiger partial charge is 0.276 e. The molecule has 3 aromatic rings. The van der Waals surface area contributed by atoms with Crippen LogP contribution in [0.4, 0.5) is 11.6 Å². The Hall–Kier alpha value is -2.20. The molecular weight excluding hydrogens is 446 g/mol. The first-order valence-electron chi connectivity index (χ1n) is 9.01. The molecule has 0 aliphatic heterocycles. The van der Waals surface area contributed by atoms with Crippen LogP contribution in [0.5, 0.6) is 0 Å². The Morgan fingerprint density at radius 2 is 1.60 bits per heavy atom. The Bertz CT molecular complexity index is 1250. The zero-order chi connectivity index (χ0) is 22.5. The average Bonchev–Trinajstić information content (AvgIpc) is 3.30. The van der Waals surface area contributed by atoms with E-state index < -0.39 is 15.9 Å². The lowest BCUT2D eigenvalue weighted by Gasteiger charge is -2.27. The van der Waals surface area contributed by atoms with Crippen molar-refractivity contribution in [2.24, 2.45) is 5.14 Å². The number of hydrogen-bond acceptors (Lipinski definition) is 6. The zero-order valence-electron chi connectivity index (χ0n) is 17.5. The molecule has 160 valence electrons. The maximum absolute atomic E-state index is 13.7. The number of sulfonamides is 1. The number of halogens is 1. The Kier molecular flexibility index (Phi) is 5.85. The summed E-state index contributed by atoms with van der Waals surface area (Å²) in [5.41, 5.74) is 5.82. The van der Waals surface area contributed by atoms with Crippen molar-refractivity contribution in [1.29, 1.82) is 0 Å². The number of benzene rings is 1. The Balaban J connectivity index is 2.37. The summed E-state index contributed by atoms with van der Waals surface area (Å²) in [5, 5.41) is 10.9. The molecule has 2 heterocycles. The molecule has 0 radical (unpaired) electrons. The maximum Gasteiger partial charge on any atom is 0.276 e. The number of nitrogens with two attached hydrogens (primary N) is 1. The van der Waals surface area contributed by atoms with Crippen molar-refractivity contribution in [3.05, 3.63) is 54.9 Å². The van der Waals surface area contributed by atoms with Gasteiger partial charge in [-0.05, 0) is 80.8 Å². The van der Waals surface area contributed by atoms with Crippen molar-refractivity contribution < 1.29 is 17.7 Å². The number of rotatable bonds is 4. The van der Waals surface area contributed by atoms with Gasteiger partial charge in [0.15, 0.2) is 0 Å². The second-order valence-corrected chi connectivity index (χ2v) is 9.98. The van der Waals surface area contributed by atoms with E-state index in [-0.39, 0.29) is 20.7 Å². The maximum atomic E-state index is 13.7. The van der Waals surface area contributed by atoms with Crippen LogP contribution in [-0.4, -0.2) is 19.5 Å². The van der Waals surface area contributed by atoms with Gasteiger partial charge in [-0.3, -0.25) is 4.79 Å². The van der Waals surface area contributed by atoms with Crippen molar-refractivity contribution >= 4 is 50.4 Å². The number of aromatic nitrogens is 1. The number of anilines is 2. The molecule has 2 aromatic heterocycles. The fourth-order valence-electron chi connectivity index (χ4n) is 3.38. The van der Waals surface area contributed by atoms with Crippen molar-refractivity contribution in [2.45, 2.75) is 46.4 Å². The van der Waals surface area contributed by atoms with Gasteiger partial charge in [-0.25, -0.2) is 18.5 Å². The van der Waals surface area contributed by atoms with Crippen molar-refractivity contribution in [1.82, 2.24) is 5.16 Å². The molecule has 30 heavy (non-hydrogen) atoms. The summed E-state index contributed by atoms with van der Waals surface area (Å²) in [6.45, 7) is 11.4. The number of carbonyl (C=O) groups is 1. The topological polar surface area (TPSA) is 106 Å². The minimum atomic E-state index is -4.10. The van der Waals surface area contributed by atoms with E-state index in [1.165, 1.54) is 16.3 Å². The molecule has 0 bridgehead atoms. The third-order valence-corrected chi connectivity index (χ3v) is 7.91.